The number of aromatic nitrogens is 2. The molecule has 1 fully saturated rings. The molecule has 10 nitrogen and oxygen atoms in total. The molecule has 2 aromatic carbocycles. The van der Waals surface area contributed by atoms with Crippen LogP contribution >= 0.6 is 0 Å². The van der Waals surface area contributed by atoms with Crippen LogP contribution in [0.25, 0.3) is 0 Å². The average molecular weight is 496 g/mol. The van der Waals surface area contributed by atoms with Gasteiger partial charge >= 0.3 is 17.6 Å². The van der Waals surface area contributed by atoms with E-state index in [0.29, 0.717) is 12.1 Å². The van der Waals surface area contributed by atoms with E-state index in [4.69, 9.17) is 19.9 Å². The molecule has 3 aromatic rings. The molecule has 1 aromatic heterocycles. The molecule has 3 N–H and O–H groups in total. The Morgan fingerprint density at radius 3 is 2.47 bits per heavy atom. The first-order chi connectivity index (χ1) is 17.3. The molecule has 188 valence electrons. The van der Waals surface area contributed by atoms with Gasteiger partial charge in [-0.25, -0.2) is 14.0 Å². The summed E-state index contributed by atoms with van der Waals surface area (Å²) >= 11 is 0. The summed E-state index contributed by atoms with van der Waals surface area (Å²) < 4.78 is 32.5. The largest absolute Gasteiger partial charge is 0.459 e. The van der Waals surface area contributed by atoms with Gasteiger partial charge < -0.3 is 25.3 Å². The Morgan fingerprint density at radius 2 is 1.81 bits per heavy atom. The van der Waals surface area contributed by atoms with E-state index >= 15 is 4.39 Å². The van der Waals surface area contributed by atoms with Crippen LogP contribution < -0.4 is 16.7 Å². The van der Waals surface area contributed by atoms with Crippen molar-refractivity contribution in [3.63, 3.8) is 0 Å². The summed E-state index contributed by atoms with van der Waals surface area (Å²) in [6, 6.07) is 17.6. The lowest BCUT2D eigenvalue weighted by molar-refractivity contribution is -0.152. The SMILES string of the molecule is CC(=O)O[C@H]1[C@@H](F)[C@H](n2cc(NCc3ccccc3)c(N)nc2=O)O[C@@H]1COC(=O)c1ccccc1. The molecular formula is C25H25FN4O6. The molecule has 2 heterocycles. The predicted octanol–water partition coefficient (Wildman–Crippen LogP) is 2.46. The van der Waals surface area contributed by atoms with Crippen LogP contribution in [-0.2, 0) is 25.5 Å². The van der Waals surface area contributed by atoms with Crippen molar-refractivity contribution >= 4 is 23.4 Å². The Labute approximate surface area is 205 Å². The lowest BCUT2D eigenvalue weighted by atomic mass is 10.1. The highest BCUT2D eigenvalue weighted by atomic mass is 19.1. The lowest BCUT2D eigenvalue weighted by Crippen LogP contribution is -2.37. The minimum atomic E-state index is -1.94. The number of esters is 2. The summed E-state index contributed by atoms with van der Waals surface area (Å²) in [5, 5.41) is 3.07. The third-order valence-electron chi connectivity index (χ3n) is 5.54. The van der Waals surface area contributed by atoms with Crippen LogP contribution in [0.15, 0.2) is 71.7 Å². The second-order valence-corrected chi connectivity index (χ2v) is 8.12. The summed E-state index contributed by atoms with van der Waals surface area (Å²) in [4.78, 5) is 40.3. The van der Waals surface area contributed by atoms with Crippen LogP contribution in [-0.4, -0.2) is 46.5 Å². The Kier molecular flexibility index (Phi) is 7.59. The number of rotatable bonds is 8. The van der Waals surface area contributed by atoms with Crippen molar-refractivity contribution < 1.29 is 28.2 Å². The smallest absolute Gasteiger partial charge is 0.351 e. The number of halogens is 1. The lowest BCUT2D eigenvalue weighted by Gasteiger charge is -2.19. The van der Waals surface area contributed by atoms with E-state index in [1.807, 2.05) is 30.3 Å². The number of nitrogens with zero attached hydrogens (tertiary/aromatic N) is 2. The van der Waals surface area contributed by atoms with E-state index < -0.39 is 48.8 Å². The molecule has 0 bridgehead atoms. The molecule has 1 saturated heterocycles. The molecule has 0 unspecified atom stereocenters. The van der Waals surface area contributed by atoms with Gasteiger partial charge in [0, 0.05) is 19.7 Å². The highest BCUT2D eigenvalue weighted by molar-refractivity contribution is 5.89. The number of ether oxygens (including phenoxy) is 3. The first-order valence-corrected chi connectivity index (χ1v) is 11.2. The standard InChI is InChI=1S/C25H25FN4O6/c1-15(31)35-21-19(14-34-24(32)17-10-6-3-7-11-17)36-23(20(21)26)30-13-18(22(27)29-25(30)33)28-12-16-8-4-2-5-9-16/h2-11,13,19-21,23,28H,12,14H2,1H3,(H2,27,29,33)/t19-,20-,21-,23-/m1/s1. The first-order valence-electron chi connectivity index (χ1n) is 11.2. The molecule has 4 rings (SSSR count). The average Bonchev–Trinajstić information content (AvgIpc) is 3.17. The molecule has 1 aliphatic heterocycles. The van der Waals surface area contributed by atoms with Gasteiger partial charge in [0.15, 0.2) is 24.3 Å². The van der Waals surface area contributed by atoms with Crippen molar-refractivity contribution in [2.75, 3.05) is 17.7 Å². The molecule has 11 heteroatoms. The van der Waals surface area contributed by atoms with Gasteiger partial charge in [0.25, 0.3) is 0 Å². The van der Waals surface area contributed by atoms with Crippen molar-refractivity contribution in [1.82, 2.24) is 9.55 Å². The minimum Gasteiger partial charge on any atom is -0.459 e. The van der Waals surface area contributed by atoms with Gasteiger partial charge in [-0.1, -0.05) is 48.5 Å². The summed E-state index contributed by atoms with van der Waals surface area (Å²) in [5.41, 5.74) is 6.57. The zero-order valence-corrected chi connectivity index (χ0v) is 19.4. The zero-order valence-electron chi connectivity index (χ0n) is 19.4. The fraction of sp³-hybridized carbons (Fsp3) is 0.280. The molecule has 0 spiro atoms. The Bertz CT molecular complexity index is 1270. The zero-order chi connectivity index (χ0) is 25.7. The van der Waals surface area contributed by atoms with Gasteiger partial charge in [-0.2, -0.15) is 4.98 Å². The van der Waals surface area contributed by atoms with E-state index in [0.717, 1.165) is 17.1 Å². The number of carbonyl (C=O) groups is 2. The second kappa shape index (κ2) is 11.0. The third kappa shape index (κ3) is 5.69. The maximum atomic E-state index is 15.5. The maximum Gasteiger partial charge on any atom is 0.351 e. The van der Waals surface area contributed by atoms with Gasteiger partial charge in [0.1, 0.15) is 12.7 Å². The monoisotopic (exact) mass is 496 g/mol. The number of nitrogens with two attached hydrogens (primary N) is 1. The summed E-state index contributed by atoms with van der Waals surface area (Å²) in [6.07, 6.45) is -4.71. The van der Waals surface area contributed by atoms with Crippen molar-refractivity contribution in [3.8, 4) is 0 Å². The van der Waals surface area contributed by atoms with E-state index in [-0.39, 0.29) is 11.5 Å². The Hall–Kier alpha value is -4.25. The van der Waals surface area contributed by atoms with Gasteiger partial charge in [-0.3, -0.25) is 9.36 Å². The normalized spacial score (nSPS) is 21.1. The molecule has 0 amide bonds. The number of benzene rings is 2. The number of anilines is 2. The molecule has 0 saturated carbocycles. The van der Waals surface area contributed by atoms with Crippen molar-refractivity contribution in [2.24, 2.45) is 0 Å². The molecule has 0 aliphatic carbocycles. The maximum absolute atomic E-state index is 15.5. The predicted molar refractivity (Wildman–Crippen MR) is 128 cm³/mol. The fourth-order valence-electron chi connectivity index (χ4n) is 3.79. The summed E-state index contributed by atoms with van der Waals surface area (Å²) in [6.45, 7) is 1.10. The van der Waals surface area contributed by atoms with E-state index in [1.165, 1.54) is 6.20 Å². The van der Waals surface area contributed by atoms with Gasteiger partial charge in [0.2, 0.25) is 0 Å². The minimum absolute atomic E-state index is 0.0644. The molecular weight excluding hydrogens is 471 g/mol. The van der Waals surface area contributed by atoms with Crippen molar-refractivity contribution in [3.05, 3.63) is 88.5 Å². The Morgan fingerprint density at radius 1 is 1.14 bits per heavy atom. The molecule has 1 aliphatic rings. The van der Waals surface area contributed by atoms with Crippen molar-refractivity contribution in [2.45, 2.75) is 38.1 Å². The second-order valence-electron chi connectivity index (χ2n) is 8.12. The number of hydrogen-bond donors (Lipinski definition) is 2. The molecule has 0 radical (unpaired) electrons. The van der Waals surface area contributed by atoms with Crippen LogP contribution in [0.5, 0.6) is 0 Å². The summed E-state index contributed by atoms with van der Waals surface area (Å²) in [5.74, 6) is -1.47. The van der Waals surface area contributed by atoms with Crippen LogP contribution in [0.1, 0.15) is 29.1 Å². The number of hydrogen-bond acceptors (Lipinski definition) is 9. The van der Waals surface area contributed by atoms with E-state index in [9.17, 15) is 14.4 Å². The van der Waals surface area contributed by atoms with Crippen LogP contribution in [0.4, 0.5) is 15.9 Å². The van der Waals surface area contributed by atoms with Crippen LogP contribution in [0, 0.1) is 0 Å². The van der Waals surface area contributed by atoms with Gasteiger partial charge in [-0.05, 0) is 17.7 Å². The number of carbonyl (C=O) groups excluding carboxylic acids is 2. The van der Waals surface area contributed by atoms with Crippen molar-refractivity contribution in [1.29, 1.82) is 0 Å². The van der Waals surface area contributed by atoms with Gasteiger partial charge in [-0.15, -0.1) is 0 Å². The first kappa shape index (κ1) is 24.9. The number of nitrogens with one attached hydrogen (secondary N) is 1. The topological polar surface area (TPSA) is 135 Å². The summed E-state index contributed by atoms with van der Waals surface area (Å²) in [7, 11) is 0. The van der Waals surface area contributed by atoms with Crippen LogP contribution in [0.2, 0.25) is 0 Å². The number of alkyl halides is 1. The fourth-order valence-corrected chi connectivity index (χ4v) is 3.79. The number of nitrogen functional groups attached to an aromatic ring is 1. The molecule has 4 atom stereocenters. The van der Waals surface area contributed by atoms with E-state index in [2.05, 4.69) is 10.3 Å². The van der Waals surface area contributed by atoms with E-state index in [1.54, 1.807) is 30.3 Å². The quantitative estimate of drug-likeness (QED) is 0.451. The highest BCUT2D eigenvalue weighted by Crippen LogP contribution is 2.34. The highest BCUT2D eigenvalue weighted by Gasteiger charge is 2.49. The van der Waals surface area contributed by atoms with Crippen LogP contribution in [0.3, 0.4) is 0 Å². The third-order valence-corrected chi connectivity index (χ3v) is 5.54. The molecule has 36 heavy (non-hydrogen) atoms. The van der Waals surface area contributed by atoms with Gasteiger partial charge in [0.05, 0.1) is 11.3 Å². The Balaban J connectivity index is 1.53.